The van der Waals surface area contributed by atoms with Gasteiger partial charge in [-0.15, -0.1) is 0 Å². The first kappa shape index (κ1) is 8.39. The first-order valence-electron chi connectivity index (χ1n) is 2.52. The molecule has 3 nitrogen and oxygen atoms in total. The molecule has 10 heavy (non-hydrogen) atoms. The van der Waals surface area contributed by atoms with Crippen LogP contribution in [0.25, 0.3) is 0 Å². The Hall–Kier alpha value is -1.61. The van der Waals surface area contributed by atoms with Crippen LogP contribution < -0.4 is 0 Å². The lowest BCUT2D eigenvalue weighted by molar-refractivity contribution is 0.132. The van der Waals surface area contributed by atoms with Crippen molar-refractivity contribution < 1.29 is 14.3 Å². The molecule has 0 aliphatic rings. The van der Waals surface area contributed by atoms with Crippen LogP contribution in [0.15, 0.2) is 0 Å². The van der Waals surface area contributed by atoms with E-state index in [0.717, 1.165) is 0 Å². The van der Waals surface area contributed by atoms with Crippen LogP contribution in [-0.4, -0.2) is 6.16 Å². The quantitative estimate of drug-likeness (QED) is 0.371. The second-order valence-corrected chi connectivity index (χ2v) is 1.16. The Bertz CT molecular complexity index is 197. The Morgan fingerprint density at radius 3 is 1.80 bits per heavy atom. The number of carbonyl (C=O) groups is 1. The minimum Gasteiger partial charge on any atom is -0.340 e. The molecule has 0 heterocycles. The van der Waals surface area contributed by atoms with Crippen molar-refractivity contribution in [2.75, 3.05) is 0 Å². The van der Waals surface area contributed by atoms with Crippen molar-refractivity contribution in [2.24, 2.45) is 0 Å². The van der Waals surface area contributed by atoms with Gasteiger partial charge < -0.3 is 9.47 Å². The molecule has 0 bridgehead atoms. The highest BCUT2D eigenvalue weighted by Gasteiger charge is 1.96. The molecule has 52 valence electrons. The number of hydrogen-bond acceptors (Lipinski definition) is 3. The van der Waals surface area contributed by atoms with Gasteiger partial charge in [0, 0.05) is 13.8 Å². The van der Waals surface area contributed by atoms with E-state index in [1.165, 1.54) is 0 Å². The topological polar surface area (TPSA) is 35.5 Å². The lowest BCUT2D eigenvalue weighted by Crippen LogP contribution is -1.98. The molecule has 0 aromatic heterocycles. The van der Waals surface area contributed by atoms with Crippen LogP contribution >= 0.6 is 0 Å². The predicted molar refractivity (Wildman–Crippen MR) is 34.5 cm³/mol. The molecule has 0 unspecified atom stereocenters. The van der Waals surface area contributed by atoms with E-state index in [4.69, 9.17) is 0 Å². The molecule has 0 aromatic rings. The molecule has 0 saturated heterocycles. The lowest BCUT2D eigenvalue weighted by atomic mass is 10.8. The van der Waals surface area contributed by atoms with E-state index in [2.05, 4.69) is 33.5 Å². The summed E-state index contributed by atoms with van der Waals surface area (Å²) in [4.78, 5) is 10.3. The highest BCUT2D eigenvalue weighted by molar-refractivity contribution is 5.62. The van der Waals surface area contributed by atoms with Gasteiger partial charge in [0.1, 0.15) is 12.2 Å². The number of hydrogen-bond donors (Lipinski definition) is 0. The lowest BCUT2D eigenvalue weighted by Gasteiger charge is -1.87. The van der Waals surface area contributed by atoms with Crippen LogP contribution in [0.2, 0.25) is 0 Å². The van der Waals surface area contributed by atoms with Crippen LogP contribution in [0.5, 0.6) is 0 Å². The van der Waals surface area contributed by atoms with Gasteiger partial charge in [-0.25, -0.2) is 4.79 Å². The fourth-order valence-electron chi connectivity index (χ4n) is 0.206. The van der Waals surface area contributed by atoms with Crippen LogP contribution in [-0.2, 0) is 9.47 Å². The van der Waals surface area contributed by atoms with E-state index in [-0.39, 0.29) is 0 Å². The minimum atomic E-state index is -0.899. The third kappa shape index (κ3) is 4.55. The van der Waals surface area contributed by atoms with E-state index in [9.17, 15) is 4.79 Å². The predicted octanol–water partition coefficient (Wildman–Crippen LogP) is 1.10. The number of ether oxygens (including phenoxy) is 2. The Morgan fingerprint density at radius 1 is 1.10 bits per heavy atom. The number of rotatable bonds is 0. The molecule has 0 aliphatic carbocycles. The van der Waals surface area contributed by atoms with Crippen molar-refractivity contribution in [1.82, 2.24) is 0 Å². The van der Waals surface area contributed by atoms with Gasteiger partial charge in [0.25, 0.3) is 0 Å². The Kier molecular flexibility index (Phi) is 4.64. The van der Waals surface area contributed by atoms with Crippen LogP contribution in [0.4, 0.5) is 4.79 Å². The van der Waals surface area contributed by atoms with Gasteiger partial charge in [-0.3, -0.25) is 0 Å². The zero-order chi connectivity index (χ0) is 7.82. The monoisotopic (exact) mass is 138 g/mol. The van der Waals surface area contributed by atoms with Gasteiger partial charge in [0.15, 0.2) is 0 Å². The first-order chi connectivity index (χ1) is 4.81. The largest absolute Gasteiger partial charge is 0.537 e. The molecule has 0 rings (SSSR count). The molecule has 0 N–H and O–H groups in total. The summed E-state index contributed by atoms with van der Waals surface area (Å²) in [6, 6.07) is 0. The average Bonchev–Trinajstić information content (AvgIpc) is 1.97. The van der Waals surface area contributed by atoms with Gasteiger partial charge in [-0.05, 0) is 0 Å². The summed E-state index contributed by atoms with van der Waals surface area (Å²) in [6.07, 6.45) is 3.23. The van der Waals surface area contributed by atoms with Crippen molar-refractivity contribution in [2.45, 2.75) is 13.8 Å². The first-order valence-corrected chi connectivity index (χ1v) is 2.52. The zero-order valence-corrected chi connectivity index (χ0v) is 5.72. The molecule has 0 atom stereocenters. The van der Waals surface area contributed by atoms with E-state index >= 15 is 0 Å². The standard InChI is InChI=1S/C7H6O3/c1-3-5-9-7(8)10-6-4-2/h1-2H3. The van der Waals surface area contributed by atoms with Crippen LogP contribution in [0.3, 0.4) is 0 Å². The molecule has 0 aliphatic heterocycles. The van der Waals surface area contributed by atoms with Crippen molar-refractivity contribution in [3.8, 4) is 24.1 Å². The molecule has 0 radical (unpaired) electrons. The van der Waals surface area contributed by atoms with E-state index in [0.29, 0.717) is 0 Å². The normalized spacial score (nSPS) is 5.80. The SMILES string of the molecule is CC#COC(=O)OC#CC. The molecule has 0 saturated carbocycles. The molecular formula is C7H6O3. The summed E-state index contributed by atoms with van der Waals surface area (Å²) in [7, 11) is 0. The minimum absolute atomic E-state index is 0.899. The van der Waals surface area contributed by atoms with Crippen molar-refractivity contribution >= 4 is 6.16 Å². The summed E-state index contributed by atoms with van der Waals surface area (Å²) < 4.78 is 8.34. The van der Waals surface area contributed by atoms with E-state index in [1.54, 1.807) is 13.8 Å². The summed E-state index contributed by atoms with van der Waals surface area (Å²) in [5.41, 5.74) is 0. The van der Waals surface area contributed by atoms with Gasteiger partial charge in [-0.2, -0.15) is 0 Å². The van der Waals surface area contributed by atoms with Crippen LogP contribution in [0, 0.1) is 24.1 Å². The molecule has 0 aromatic carbocycles. The molecular weight excluding hydrogens is 132 g/mol. The summed E-state index contributed by atoms with van der Waals surface area (Å²) in [6.45, 7) is 3.08. The summed E-state index contributed by atoms with van der Waals surface area (Å²) in [5.74, 6) is 4.71. The van der Waals surface area contributed by atoms with E-state index in [1.807, 2.05) is 0 Å². The summed E-state index contributed by atoms with van der Waals surface area (Å²) >= 11 is 0. The maximum atomic E-state index is 10.3. The van der Waals surface area contributed by atoms with Crippen molar-refractivity contribution in [1.29, 1.82) is 0 Å². The average molecular weight is 138 g/mol. The maximum Gasteiger partial charge on any atom is 0.537 e. The van der Waals surface area contributed by atoms with Crippen molar-refractivity contribution in [3.63, 3.8) is 0 Å². The second-order valence-electron chi connectivity index (χ2n) is 1.16. The van der Waals surface area contributed by atoms with Gasteiger partial charge in [-0.1, -0.05) is 11.8 Å². The van der Waals surface area contributed by atoms with Gasteiger partial charge in [0.05, 0.1) is 0 Å². The van der Waals surface area contributed by atoms with Gasteiger partial charge in [0.2, 0.25) is 0 Å². The van der Waals surface area contributed by atoms with Crippen LogP contribution in [0.1, 0.15) is 13.8 Å². The maximum absolute atomic E-state index is 10.3. The second kappa shape index (κ2) is 5.53. The summed E-state index contributed by atoms with van der Waals surface area (Å²) in [5, 5.41) is 0. The third-order valence-electron chi connectivity index (χ3n) is 0.473. The molecule has 0 fully saturated rings. The number of carbonyl (C=O) groups excluding carboxylic acids is 1. The smallest absolute Gasteiger partial charge is 0.340 e. The Balaban J connectivity index is 3.58. The molecule has 3 heteroatoms. The Labute approximate surface area is 59.3 Å². The molecule has 0 spiro atoms. The fourth-order valence-corrected chi connectivity index (χ4v) is 0.206. The third-order valence-corrected chi connectivity index (χ3v) is 0.473. The highest BCUT2D eigenvalue weighted by atomic mass is 16.7. The van der Waals surface area contributed by atoms with E-state index < -0.39 is 6.16 Å². The highest BCUT2D eigenvalue weighted by Crippen LogP contribution is 1.79. The fraction of sp³-hybridized carbons (Fsp3) is 0.286. The van der Waals surface area contributed by atoms with Crippen molar-refractivity contribution in [3.05, 3.63) is 0 Å². The van der Waals surface area contributed by atoms with Gasteiger partial charge >= 0.3 is 6.16 Å². The Morgan fingerprint density at radius 2 is 1.50 bits per heavy atom. The zero-order valence-electron chi connectivity index (χ0n) is 5.72. The molecule has 0 amide bonds.